The van der Waals surface area contributed by atoms with E-state index in [0.29, 0.717) is 5.69 Å². The van der Waals surface area contributed by atoms with Gasteiger partial charge in [-0.3, -0.25) is 0 Å². The summed E-state index contributed by atoms with van der Waals surface area (Å²) in [5.41, 5.74) is 7.50. The second-order valence-corrected chi connectivity index (χ2v) is 4.36. The zero-order valence-corrected chi connectivity index (χ0v) is 11.7. The van der Waals surface area contributed by atoms with E-state index in [2.05, 4.69) is 4.74 Å². The molecule has 0 saturated heterocycles. The highest BCUT2D eigenvalue weighted by Gasteiger charge is 2.18. The first-order valence-corrected chi connectivity index (χ1v) is 6.21. The minimum absolute atomic E-state index is 0.177. The van der Waals surface area contributed by atoms with Gasteiger partial charge in [-0.05, 0) is 24.6 Å². The molecule has 1 aromatic carbocycles. The lowest BCUT2D eigenvalue weighted by Gasteiger charge is -2.08. The Morgan fingerprint density at radius 3 is 2.67 bits per heavy atom. The van der Waals surface area contributed by atoms with E-state index in [1.807, 2.05) is 0 Å². The SMILES string of the molecule is COC(=O)c1ccoc1COC(=O)c1cccc(C)c1N. The van der Waals surface area contributed by atoms with Gasteiger partial charge in [0.2, 0.25) is 0 Å². The number of carbonyl (C=O) groups is 2. The quantitative estimate of drug-likeness (QED) is 0.686. The molecule has 0 fully saturated rings. The van der Waals surface area contributed by atoms with E-state index < -0.39 is 11.9 Å². The molecule has 0 saturated carbocycles. The molecule has 110 valence electrons. The number of nitrogens with two attached hydrogens (primary N) is 1. The lowest BCUT2D eigenvalue weighted by molar-refractivity contribution is 0.0433. The fourth-order valence-electron chi connectivity index (χ4n) is 1.81. The van der Waals surface area contributed by atoms with Crippen molar-refractivity contribution in [2.75, 3.05) is 12.8 Å². The molecule has 0 radical (unpaired) electrons. The topological polar surface area (TPSA) is 91.8 Å². The molecule has 0 unspecified atom stereocenters. The molecule has 0 aliphatic heterocycles. The summed E-state index contributed by atoms with van der Waals surface area (Å²) in [6, 6.07) is 6.55. The van der Waals surface area contributed by atoms with Crippen LogP contribution in [0.3, 0.4) is 0 Å². The van der Waals surface area contributed by atoms with Crippen LogP contribution in [0.4, 0.5) is 5.69 Å². The van der Waals surface area contributed by atoms with Gasteiger partial charge < -0.3 is 19.6 Å². The Balaban J connectivity index is 2.10. The van der Waals surface area contributed by atoms with Crippen LogP contribution in [0, 0.1) is 6.92 Å². The van der Waals surface area contributed by atoms with Crippen molar-refractivity contribution in [2.24, 2.45) is 0 Å². The molecule has 21 heavy (non-hydrogen) atoms. The highest BCUT2D eigenvalue weighted by atomic mass is 16.5. The minimum Gasteiger partial charge on any atom is -0.465 e. The van der Waals surface area contributed by atoms with Gasteiger partial charge in [0.1, 0.15) is 5.56 Å². The smallest absolute Gasteiger partial charge is 0.341 e. The molecule has 1 aromatic heterocycles. The third-order valence-electron chi connectivity index (χ3n) is 3.03. The molecule has 6 heteroatoms. The van der Waals surface area contributed by atoms with Crippen molar-refractivity contribution in [3.63, 3.8) is 0 Å². The zero-order chi connectivity index (χ0) is 15.4. The maximum Gasteiger partial charge on any atom is 0.341 e. The Kier molecular flexibility index (Phi) is 4.27. The maximum atomic E-state index is 12.0. The molecule has 0 aliphatic rings. The number of nitrogen functional groups attached to an aromatic ring is 1. The van der Waals surface area contributed by atoms with Crippen molar-refractivity contribution in [2.45, 2.75) is 13.5 Å². The molecule has 0 bridgehead atoms. The van der Waals surface area contributed by atoms with Crippen molar-refractivity contribution >= 4 is 17.6 Å². The van der Waals surface area contributed by atoms with Crippen LogP contribution in [0.1, 0.15) is 32.0 Å². The predicted molar refractivity (Wildman–Crippen MR) is 74.8 cm³/mol. The zero-order valence-electron chi connectivity index (χ0n) is 11.7. The fraction of sp³-hybridized carbons (Fsp3) is 0.200. The third kappa shape index (κ3) is 3.05. The van der Waals surface area contributed by atoms with Crippen molar-refractivity contribution < 1.29 is 23.5 Å². The van der Waals surface area contributed by atoms with E-state index in [9.17, 15) is 9.59 Å². The minimum atomic E-state index is -0.580. The Labute approximate surface area is 121 Å². The molecule has 0 atom stereocenters. The lowest BCUT2D eigenvalue weighted by Crippen LogP contribution is -2.10. The van der Waals surface area contributed by atoms with Crippen LogP contribution in [-0.2, 0) is 16.1 Å². The van der Waals surface area contributed by atoms with Gasteiger partial charge in [-0.15, -0.1) is 0 Å². The van der Waals surface area contributed by atoms with E-state index in [1.165, 1.54) is 19.4 Å². The Morgan fingerprint density at radius 1 is 1.19 bits per heavy atom. The summed E-state index contributed by atoms with van der Waals surface area (Å²) in [6.45, 7) is 1.62. The van der Waals surface area contributed by atoms with Gasteiger partial charge >= 0.3 is 11.9 Å². The fourth-order valence-corrected chi connectivity index (χ4v) is 1.81. The predicted octanol–water partition coefficient (Wildman–Crippen LogP) is 2.31. The molecule has 6 nitrogen and oxygen atoms in total. The van der Waals surface area contributed by atoms with E-state index in [-0.39, 0.29) is 23.5 Å². The highest BCUT2D eigenvalue weighted by Crippen LogP contribution is 2.19. The second kappa shape index (κ2) is 6.13. The van der Waals surface area contributed by atoms with Gasteiger partial charge in [-0.2, -0.15) is 0 Å². The molecule has 0 spiro atoms. The van der Waals surface area contributed by atoms with E-state index >= 15 is 0 Å². The second-order valence-electron chi connectivity index (χ2n) is 4.36. The van der Waals surface area contributed by atoms with E-state index in [1.54, 1.807) is 25.1 Å². The van der Waals surface area contributed by atoms with Crippen LogP contribution in [0.5, 0.6) is 0 Å². The molecule has 0 amide bonds. The highest BCUT2D eigenvalue weighted by molar-refractivity contribution is 5.96. The first kappa shape index (κ1) is 14.6. The number of rotatable bonds is 4. The lowest BCUT2D eigenvalue weighted by atomic mass is 10.1. The number of benzene rings is 1. The molecule has 0 aliphatic carbocycles. The molecule has 2 N–H and O–H groups in total. The van der Waals surface area contributed by atoms with Gasteiger partial charge in [-0.1, -0.05) is 12.1 Å². The first-order valence-electron chi connectivity index (χ1n) is 6.21. The molecule has 1 heterocycles. The number of hydrogen-bond donors (Lipinski definition) is 1. The molecule has 2 rings (SSSR count). The van der Waals surface area contributed by atoms with Crippen LogP contribution >= 0.6 is 0 Å². The summed E-state index contributed by atoms with van der Waals surface area (Å²) in [5, 5.41) is 0. The average Bonchev–Trinajstić information content (AvgIpc) is 2.95. The van der Waals surface area contributed by atoms with Gasteiger partial charge in [0.05, 0.1) is 18.9 Å². The number of aryl methyl sites for hydroxylation is 1. The monoisotopic (exact) mass is 289 g/mol. The number of carbonyl (C=O) groups excluding carboxylic acids is 2. The molecular weight excluding hydrogens is 274 g/mol. The van der Waals surface area contributed by atoms with Gasteiger partial charge in [0.15, 0.2) is 12.4 Å². The van der Waals surface area contributed by atoms with Crippen molar-refractivity contribution in [1.82, 2.24) is 0 Å². The summed E-state index contributed by atoms with van der Waals surface area (Å²) in [4.78, 5) is 23.5. The average molecular weight is 289 g/mol. The van der Waals surface area contributed by atoms with Gasteiger partial charge in [0.25, 0.3) is 0 Å². The van der Waals surface area contributed by atoms with Crippen LogP contribution in [0.15, 0.2) is 34.9 Å². The number of furan rings is 1. The number of para-hydroxylation sites is 1. The Bertz CT molecular complexity index is 674. The Hall–Kier alpha value is -2.76. The van der Waals surface area contributed by atoms with Crippen molar-refractivity contribution in [3.05, 3.63) is 53.0 Å². The van der Waals surface area contributed by atoms with Crippen LogP contribution in [0.2, 0.25) is 0 Å². The summed E-state index contributed by atoms with van der Waals surface area (Å²) in [6.07, 6.45) is 1.33. The van der Waals surface area contributed by atoms with Crippen LogP contribution < -0.4 is 5.73 Å². The number of hydrogen-bond acceptors (Lipinski definition) is 6. The first-order chi connectivity index (χ1) is 10.0. The molecule has 2 aromatic rings. The largest absolute Gasteiger partial charge is 0.465 e. The third-order valence-corrected chi connectivity index (χ3v) is 3.03. The van der Waals surface area contributed by atoms with Crippen molar-refractivity contribution in [3.8, 4) is 0 Å². The summed E-state index contributed by atoms with van der Waals surface area (Å²) < 4.78 is 14.8. The number of esters is 2. The normalized spacial score (nSPS) is 10.2. The van der Waals surface area contributed by atoms with Crippen LogP contribution in [-0.4, -0.2) is 19.0 Å². The van der Waals surface area contributed by atoms with E-state index in [0.717, 1.165) is 5.56 Å². The number of methoxy groups -OCH3 is 1. The van der Waals surface area contributed by atoms with Gasteiger partial charge in [-0.25, -0.2) is 9.59 Å². The Morgan fingerprint density at radius 2 is 1.95 bits per heavy atom. The summed E-state index contributed by atoms with van der Waals surface area (Å²) in [7, 11) is 1.26. The summed E-state index contributed by atoms with van der Waals surface area (Å²) >= 11 is 0. The van der Waals surface area contributed by atoms with Gasteiger partial charge in [0, 0.05) is 5.69 Å². The van der Waals surface area contributed by atoms with Crippen molar-refractivity contribution in [1.29, 1.82) is 0 Å². The van der Waals surface area contributed by atoms with E-state index in [4.69, 9.17) is 14.9 Å². The maximum absolute atomic E-state index is 12.0. The number of ether oxygens (including phenoxy) is 2. The van der Waals surface area contributed by atoms with Crippen LogP contribution in [0.25, 0.3) is 0 Å². The molecular formula is C15H15NO5. The number of anilines is 1. The standard InChI is InChI=1S/C15H15NO5/c1-9-4-3-5-11(13(9)16)15(18)21-8-12-10(6-7-20-12)14(17)19-2/h3-7H,8,16H2,1-2H3. The summed E-state index contributed by atoms with van der Waals surface area (Å²) in [5.74, 6) is -0.908.